The van der Waals surface area contributed by atoms with Crippen LogP contribution in [-0.2, 0) is 21.3 Å². The average Bonchev–Trinajstić information content (AvgIpc) is 2.22. The summed E-state index contributed by atoms with van der Waals surface area (Å²) in [7, 11) is -0.854. The zero-order valence-electron chi connectivity index (χ0n) is 11.3. The number of carbonyl (C=O) groups excluding carboxylic acids is 1. The van der Waals surface area contributed by atoms with Gasteiger partial charge in [-0.3, -0.25) is 9.00 Å². The fourth-order valence-electron chi connectivity index (χ4n) is 1.91. The number of carbonyl (C=O) groups is 1. The summed E-state index contributed by atoms with van der Waals surface area (Å²) < 4.78 is 11.9. The first-order chi connectivity index (χ1) is 8.47. The molecular weight excluding hydrogens is 246 g/mol. The van der Waals surface area contributed by atoms with Crippen LogP contribution in [-0.4, -0.2) is 22.4 Å². The third kappa shape index (κ3) is 5.96. The predicted octanol–water partition coefficient (Wildman–Crippen LogP) is 2.08. The number of rotatable bonds is 6. The first-order valence-electron chi connectivity index (χ1n) is 6.14. The highest BCUT2D eigenvalue weighted by atomic mass is 32.2. The fraction of sp³-hybridized carbons (Fsp3) is 0.500. The van der Waals surface area contributed by atoms with E-state index in [1.165, 1.54) is 18.1 Å². The zero-order chi connectivity index (χ0) is 13.5. The summed E-state index contributed by atoms with van der Waals surface area (Å²) in [5.74, 6) is 1.20. The van der Waals surface area contributed by atoms with Crippen LogP contribution in [0.2, 0.25) is 0 Å². The van der Waals surface area contributed by atoms with Crippen LogP contribution in [0.1, 0.15) is 30.0 Å². The number of benzene rings is 1. The summed E-state index contributed by atoms with van der Waals surface area (Å²) in [6, 6.07) is 6.28. The van der Waals surface area contributed by atoms with Crippen molar-refractivity contribution in [2.45, 2.75) is 32.9 Å². The second-order valence-electron chi connectivity index (χ2n) is 4.62. The molecule has 0 heterocycles. The van der Waals surface area contributed by atoms with E-state index in [9.17, 15) is 9.00 Å². The third-order valence-electron chi connectivity index (χ3n) is 2.53. The van der Waals surface area contributed by atoms with Crippen molar-refractivity contribution in [1.29, 1.82) is 0 Å². The third-order valence-corrected chi connectivity index (χ3v) is 3.93. The van der Waals surface area contributed by atoms with Gasteiger partial charge in [0.15, 0.2) is 0 Å². The second kappa shape index (κ2) is 7.31. The highest BCUT2D eigenvalue weighted by molar-refractivity contribution is 7.84. The van der Waals surface area contributed by atoms with Gasteiger partial charge in [-0.2, -0.15) is 0 Å². The summed E-state index contributed by atoms with van der Waals surface area (Å²) in [5, 5.41) is 2.71. The molecule has 1 amide bonds. The average molecular weight is 267 g/mol. The lowest BCUT2D eigenvalue weighted by Crippen LogP contribution is -2.22. The summed E-state index contributed by atoms with van der Waals surface area (Å²) in [6.07, 6.45) is 0.761. The second-order valence-corrected chi connectivity index (χ2v) is 6.20. The molecule has 0 bridgehead atoms. The molecule has 3 nitrogen and oxygen atoms in total. The molecule has 0 saturated heterocycles. The molecule has 18 heavy (non-hydrogen) atoms. The van der Waals surface area contributed by atoms with Gasteiger partial charge in [0, 0.05) is 35.8 Å². The van der Waals surface area contributed by atoms with Gasteiger partial charge in [-0.05, 0) is 25.8 Å². The summed E-state index contributed by atoms with van der Waals surface area (Å²) in [6.45, 7) is 6.20. The molecule has 1 atom stereocenters. The van der Waals surface area contributed by atoms with Crippen molar-refractivity contribution in [3.8, 4) is 0 Å². The lowest BCUT2D eigenvalue weighted by molar-refractivity contribution is -0.118. The van der Waals surface area contributed by atoms with Crippen LogP contribution in [0, 0.1) is 13.8 Å². The Hall–Kier alpha value is -1.16. The minimum Gasteiger partial charge on any atom is -0.356 e. The maximum atomic E-state index is 11.9. The number of amides is 1. The Morgan fingerprint density at radius 1 is 1.22 bits per heavy atom. The topological polar surface area (TPSA) is 46.2 Å². The van der Waals surface area contributed by atoms with E-state index >= 15 is 0 Å². The van der Waals surface area contributed by atoms with Gasteiger partial charge in [-0.25, -0.2) is 0 Å². The quantitative estimate of drug-likeness (QED) is 0.802. The predicted molar refractivity (Wildman–Crippen MR) is 75.9 cm³/mol. The molecule has 0 radical (unpaired) electrons. The van der Waals surface area contributed by atoms with Crippen LogP contribution in [0.25, 0.3) is 0 Å². The minimum atomic E-state index is -0.854. The molecule has 0 aliphatic heterocycles. The van der Waals surface area contributed by atoms with E-state index in [-0.39, 0.29) is 5.91 Å². The molecule has 0 aromatic heterocycles. The van der Waals surface area contributed by atoms with Crippen LogP contribution in [0.15, 0.2) is 18.2 Å². The van der Waals surface area contributed by atoms with Crippen molar-refractivity contribution in [2.24, 2.45) is 0 Å². The summed E-state index contributed by atoms with van der Waals surface area (Å²) >= 11 is 0. The maximum absolute atomic E-state index is 11.9. The van der Waals surface area contributed by atoms with Crippen molar-refractivity contribution in [3.63, 3.8) is 0 Å². The first-order valence-corrected chi connectivity index (χ1v) is 7.63. The maximum Gasteiger partial charge on any atom is 0.216 e. The van der Waals surface area contributed by atoms with Crippen LogP contribution < -0.4 is 5.32 Å². The van der Waals surface area contributed by atoms with E-state index in [2.05, 4.69) is 37.4 Å². The van der Waals surface area contributed by atoms with Crippen molar-refractivity contribution < 1.29 is 9.00 Å². The van der Waals surface area contributed by atoms with Crippen molar-refractivity contribution in [1.82, 2.24) is 5.32 Å². The molecule has 0 spiro atoms. The van der Waals surface area contributed by atoms with E-state index in [0.717, 1.165) is 12.0 Å². The number of hydrogen-bond donors (Lipinski definition) is 1. The Balaban J connectivity index is 2.37. The van der Waals surface area contributed by atoms with Gasteiger partial charge in [0.1, 0.15) is 0 Å². The van der Waals surface area contributed by atoms with E-state index in [0.29, 0.717) is 18.1 Å². The van der Waals surface area contributed by atoms with Crippen LogP contribution in [0.3, 0.4) is 0 Å². The van der Waals surface area contributed by atoms with Gasteiger partial charge in [-0.15, -0.1) is 0 Å². The Morgan fingerprint density at radius 2 is 1.83 bits per heavy atom. The Kier molecular flexibility index (Phi) is 6.05. The molecule has 1 unspecified atom stereocenters. The first kappa shape index (κ1) is 14.9. The SMILES string of the molecule is CC(=O)NCCCS(=O)Cc1cc(C)cc(C)c1. The molecule has 1 rings (SSSR count). The highest BCUT2D eigenvalue weighted by Crippen LogP contribution is 2.11. The minimum absolute atomic E-state index is 0.0323. The van der Waals surface area contributed by atoms with Gasteiger partial charge in [0.05, 0.1) is 0 Å². The fourth-order valence-corrected chi connectivity index (χ4v) is 3.06. The molecule has 0 saturated carbocycles. The van der Waals surface area contributed by atoms with E-state index in [1.54, 1.807) is 0 Å². The molecule has 4 heteroatoms. The van der Waals surface area contributed by atoms with E-state index in [1.807, 2.05) is 0 Å². The lowest BCUT2D eigenvalue weighted by Gasteiger charge is -2.06. The van der Waals surface area contributed by atoms with Crippen molar-refractivity contribution >= 4 is 16.7 Å². The number of hydrogen-bond acceptors (Lipinski definition) is 2. The molecule has 1 N–H and O–H groups in total. The van der Waals surface area contributed by atoms with E-state index < -0.39 is 10.8 Å². The Morgan fingerprint density at radius 3 is 2.39 bits per heavy atom. The lowest BCUT2D eigenvalue weighted by atomic mass is 10.1. The van der Waals surface area contributed by atoms with Crippen LogP contribution in [0.4, 0.5) is 0 Å². The van der Waals surface area contributed by atoms with Crippen molar-refractivity contribution in [2.75, 3.05) is 12.3 Å². The highest BCUT2D eigenvalue weighted by Gasteiger charge is 2.03. The Labute approximate surface area is 111 Å². The molecular formula is C14H21NO2S. The summed E-state index contributed by atoms with van der Waals surface area (Å²) in [5.41, 5.74) is 3.55. The van der Waals surface area contributed by atoms with Gasteiger partial charge < -0.3 is 5.32 Å². The van der Waals surface area contributed by atoms with Crippen LogP contribution >= 0.6 is 0 Å². The Bertz CT molecular complexity index is 423. The standard InChI is InChI=1S/C14H21NO2S/c1-11-7-12(2)9-14(8-11)10-18(17)6-4-5-15-13(3)16/h7-9H,4-6,10H2,1-3H3,(H,15,16). The zero-order valence-corrected chi connectivity index (χ0v) is 12.1. The van der Waals surface area contributed by atoms with Gasteiger partial charge >= 0.3 is 0 Å². The largest absolute Gasteiger partial charge is 0.356 e. The van der Waals surface area contributed by atoms with Gasteiger partial charge in [-0.1, -0.05) is 29.3 Å². The number of aryl methyl sites for hydroxylation is 2. The van der Waals surface area contributed by atoms with Crippen LogP contribution in [0.5, 0.6) is 0 Å². The normalized spacial score (nSPS) is 12.2. The monoisotopic (exact) mass is 267 g/mol. The molecule has 1 aromatic carbocycles. The molecule has 0 fully saturated rings. The molecule has 0 aliphatic carbocycles. The van der Waals surface area contributed by atoms with Crippen molar-refractivity contribution in [3.05, 3.63) is 34.9 Å². The summed E-state index contributed by atoms with van der Waals surface area (Å²) in [4.78, 5) is 10.7. The molecule has 100 valence electrons. The van der Waals surface area contributed by atoms with Gasteiger partial charge in [0.2, 0.25) is 5.91 Å². The molecule has 0 aliphatic rings. The molecule has 1 aromatic rings. The number of nitrogens with one attached hydrogen (secondary N) is 1. The smallest absolute Gasteiger partial charge is 0.216 e. The van der Waals surface area contributed by atoms with E-state index in [4.69, 9.17) is 0 Å². The van der Waals surface area contributed by atoms with Gasteiger partial charge in [0.25, 0.3) is 0 Å².